The Hall–Kier alpha value is -3.21. The van der Waals surface area contributed by atoms with Crippen LogP contribution in [0.3, 0.4) is 0 Å². The summed E-state index contributed by atoms with van der Waals surface area (Å²) >= 11 is 0. The van der Waals surface area contributed by atoms with Crippen LogP contribution in [0.1, 0.15) is 21.7 Å². The molecule has 5 nitrogen and oxygen atoms in total. The highest BCUT2D eigenvalue weighted by Gasteiger charge is 2.19. The van der Waals surface area contributed by atoms with Gasteiger partial charge in [-0.3, -0.25) is 4.79 Å². The zero-order chi connectivity index (χ0) is 17.1. The van der Waals surface area contributed by atoms with Gasteiger partial charge in [0.1, 0.15) is 5.76 Å². The third-order valence-corrected chi connectivity index (χ3v) is 4.05. The molecule has 2 heterocycles. The van der Waals surface area contributed by atoms with E-state index in [9.17, 15) is 4.79 Å². The summed E-state index contributed by atoms with van der Waals surface area (Å²) in [6.07, 6.45) is 1.61. The summed E-state index contributed by atoms with van der Waals surface area (Å²) in [4.78, 5) is 14.7. The van der Waals surface area contributed by atoms with Crippen molar-refractivity contribution in [3.05, 3.63) is 83.8 Å². The van der Waals surface area contributed by atoms with Crippen LogP contribution in [0.4, 0.5) is 0 Å². The molecule has 1 aliphatic rings. The van der Waals surface area contributed by atoms with Gasteiger partial charge in [0.15, 0.2) is 11.5 Å². The van der Waals surface area contributed by atoms with Gasteiger partial charge in [-0.25, -0.2) is 0 Å². The topological polar surface area (TPSA) is 51.9 Å². The Labute approximate surface area is 145 Å². The van der Waals surface area contributed by atoms with Gasteiger partial charge < -0.3 is 18.8 Å². The van der Waals surface area contributed by atoms with E-state index in [0.717, 1.165) is 17.1 Å². The molecule has 0 spiro atoms. The number of carbonyl (C=O) groups is 1. The Morgan fingerprint density at radius 1 is 0.920 bits per heavy atom. The molecule has 5 heteroatoms. The van der Waals surface area contributed by atoms with Gasteiger partial charge in [0, 0.05) is 12.1 Å². The average molecular weight is 335 g/mol. The minimum absolute atomic E-state index is 0.0466. The van der Waals surface area contributed by atoms with Crippen LogP contribution in [0.25, 0.3) is 0 Å². The molecule has 0 radical (unpaired) electrons. The maximum absolute atomic E-state index is 12.9. The van der Waals surface area contributed by atoms with Crippen molar-refractivity contribution in [2.24, 2.45) is 0 Å². The van der Waals surface area contributed by atoms with Crippen molar-refractivity contribution in [2.75, 3.05) is 6.79 Å². The first-order valence-corrected chi connectivity index (χ1v) is 8.05. The van der Waals surface area contributed by atoms with E-state index in [1.54, 1.807) is 11.2 Å². The van der Waals surface area contributed by atoms with Gasteiger partial charge in [-0.05, 0) is 42.0 Å². The van der Waals surface area contributed by atoms with Crippen LogP contribution in [-0.4, -0.2) is 17.6 Å². The number of rotatable bonds is 5. The number of nitrogens with zero attached hydrogens (tertiary/aromatic N) is 1. The summed E-state index contributed by atoms with van der Waals surface area (Å²) in [6, 6.07) is 18.7. The Kier molecular flexibility index (Phi) is 4.12. The second-order valence-corrected chi connectivity index (χ2v) is 5.79. The van der Waals surface area contributed by atoms with E-state index in [2.05, 4.69) is 0 Å². The van der Waals surface area contributed by atoms with Gasteiger partial charge >= 0.3 is 0 Å². The summed E-state index contributed by atoms with van der Waals surface area (Å²) in [5.74, 6) is 2.14. The van der Waals surface area contributed by atoms with Gasteiger partial charge in [0.2, 0.25) is 6.79 Å². The molecule has 126 valence electrons. The normalized spacial score (nSPS) is 12.2. The maximum Gasteiger partial charge on any atom is 0.254 e. The molecule has 0 unspecified atom stereocenters. The van der Waals surface area contributed by atoms with Crippen LogP contribution in [0, 0.1) is 0 Å². The molecular formula is C20H17NO4. The third kappa shape index (κ3) is 3.35. The van der Waals surface area contributed by atoms with Crippen LogP contribution in [0.15, 0.2) is 71.3 Å². The molecule has 0 N–H and O–H groups in total. The molecule has 3 aromatic rings. The van der Waals surface area contributed by atoms with Crippen LogP contribution >= 0.6 is 0 Å². The Bertz CT molecular complexity index is 859. The lowest BCUT2D eigenvalue weighted by atomic mass is 10.1. The van der Waals surface area contributed by atoms with Crippen molar-refractivity contribution in [1.29, 1.82) is 0 Å². The Morgan fingerprint density at radius 3 is 2.56 bits per heavy atom. The summed E-state index contributed by atoms with van der Waals surface area (Å²) in [5, 5.41) is 0. The standard InChI is InChI=1S/C20H17NO4/c22-20(16-5-2-1-3-6-16)21(13-17-7-4-10-23-17)12-15-8-9-18-19(11-15)25-14-24-18/h1-11H,12-14H2. The minimum Gasteiger partial charge on any atom is -0.467 e. The molecule has 0 saturated heterocycles. The van der Waals surface area contributed by atoms with Crippen molar-refractivity contribution in [3.63, 3.8) is 0 Å². The first-order valence-electron chi connectivity index (χ1n) is 8.05. The lowest BCUT2D eigenvalue weighted by Crippen LogP contribution is -2.30. The fourth-order valence-electron chi connectivity index (χ4n) is 2.81. The number of hydrogen-bond donors (Lipinski definition) is 0. The van der Waals surface area contributed by atoms with Crippen molar-refractivity contribution < 1.29 is 18.7 Å². The van der Waals surface area contributed by atoms with Crippen molar-refractivity contribution >= 4 is 5.91 Å². The van der Waals surface area contributed by atoms with Crippen molar-refractivity contribution in [1.82, 2.24) is 4.90 Å². The van der Waals surface area contributed by atoms with Crippen molar-refractivity contribution in [2.45, 2.75) is 13.1 Å². The van der Waals surface area contributed by atoms with E-state index in [4.69, 9.17) is 13.9 Å². The molecule has 0 fully saturated rings. The van der Waals surface area contributed by atoms with E-state index in [0.29, 0.717) is 24.4 Å². The zero-order valence-corrected chi connectivity index (χ0v) is 13.6. The Morgan fingerprint density at radius 2 is 1.76 bits per heavy atom. The molecule has 4 rings (SSSR count). The zero-order valence-electron chi connectivity index (χ0n) is 13.6. The molecule has 0 atom stereocenters. The second-order valence-electron chi connectivity index (χ2n) is 5.79. The number of hydrogen-bond acceptors (Lipinski definition) is 4. The molecular weight excluding hydrogens is 318 g/mol. The second kappa shape index (κ2) is 6.73. The van der Waals surface area contributed by atoms with E-state index in [1.807, 2.05) is 60.7 Å². The molecule has 2 aromatic carbocycles. The third-order valence-electron chi connectivity index (χ3n) is 4.05. The number of furan rings is 1. The quantitative estimate of drug-likeness (QED) is 0.711. The summed E-state index contributed by atoms with van der Waals surface area (Å²) in [7, 11) is 0. The van der Waals surface area contributed by atoms with E-state index < -0.39 is 0 Å². The maximum atomic E-state index is 12.9. The first kappa shape index (κ1) is 15.3. The minimum atomic E-state index is -0.0466. The molecule has 0 aliphatic carbocycles. The fraction of sp³-hybridized carbons (Fsp3) is 0.150. The van der Waals surface area contributed by atoms with Crippen LogP contribution in [-0.2, 0) is 13.1 Å². The summed E-state index contributed by atoms with van der Waals surface area (Å²) in [5.41, 5.74) is 1.62. The number of amides is 1. The summed E-state index contributed by atoms with van der Waals surface area (Å²) in [6.45, 7) is 1.08. The monoisotopic (exact) mass is 335 g/mol. The van der Waals surface area contributed by atoms with Crippen LogP contribution in [0.5, 0.6) is 11.5 Å². The van der Waals surface area contributed by atoms with Gasteiger partial charge in [-0.2, -0.15) is 0 Å². The molecule has 1 aliphatic heterocycles. The molecule has 0 saturated carbocycles. The average Bonchev–Trinajstić information content (AvgIpc) is 3.32. The first-order chi connectivity index (χ1) is 12.3. The number of carbonyl (C=O) groups excluding carboxylic acids is 1. The fourth-order valence-corrected chi connectivity index (χ4v) is 2.81. The lowest BCUT2D eigenvalue weighted by Gasteiger charge is -2.22. The number of ether oxygens (including phenoxy) is 2. The highest BCUT2D eigenvalue weighted by Crippen LogP contribution is 2.33. The van der Waals surface area contributed by atoms with Crippen molar-refractivity contribution in [3.8, 4) is 11.5 Å². The summed E-state index contributed by atoms with van der Waals surface area (Å²) < 4.78 is 16.2. The van der Waals surface area contributed by atoms with E-state index in [-0.39, 0.29) is 12.7 Å². The van der Waals surface area contributed by atoms with E-state index >= 15 is 0 Å². The molecule has 0 bridgehead atoms. The predicted molar refractivity (Wildman–Crippen MR) is 91.3 cm³/mol. The largest absolute Gasteiger partial charge is 0.467 e. The SMILES string of the molecule is O=C(c1ccccc1)N(Cc1ccc2c(c1)OCO2)Cc1ccco1. The number of benzene rings is 2. The number of fused-ring (bicyclic) bond motifs is 1. The Balaban J connectivity index is 1.59. The predicted octanol–water partition coefficient (Wildman–Crippen LogP) is 3.85. The van der Waals surface area contributed by atoms with Gasteiger partial charge in [0.25, 0.3) is 5.91 Å². The van der Waals surface area contributed by atoms with E-state index in [1.165, 1.54) is 0 Å². The highest BCUT2D eigenvalue weighted by molar-refractivity contribution is 5.94. The smallest absolute Gasteiger partial charge is 0.254 e. The lowest BCUT2D eigenvalue weighted by molar-refractivity contribution is 0.0717. The molecule has 1 aromatic heterocycles. The molecule has 25 heavy (non-hydrogen) atoms. The van der Waals surface area contributed by atoms with Gasteiger partial charge in [0.05, 0.1) is 12.8 Å². The van der Waals surface area contributed by atoms with Gasteiger partial charge in [-0.1, -0.05) is 24.3 Å². The van der Waals surface area contributed by atoms with Crippen LogP contribution < -0.4 is 9.47 Å². The highest BCUT2D eigenvalue weighted by atomic mass is 16.7. The molecule has 1 amide bonds. The van der Waals surface area contributed by atoms with Gasteiger partial charge in [-0.15, -0.1) is 0 Å². The van der Waals surface area contributed by atoms with Crippen LogP contribution in [0.2, 0.25) is 0 Å².